The molecule has 2 aromatic heterocycles. The number of amides is 1. The Morgan fingerprint density at radius 2 is 1.89 bits per heavy atom. The minimum atomic E-state index is -0.694. The van der Waals surface area contributed by atoms with Crippen LogP contribution in [0, 0.1) is 5.92 Å². The summed E-state index contributed by atoms with van der Waals surface area (Å²) in [7, 11) is 1.38. The third-order valence-electron chi connectivity index (χ3n) is 7.21. The average Bonchev–Trinajstić information content (AvgIpc) is 3.47. The third kappa shape index (κ3) is 4.59. The number of carbonyl (C=O) groups excluding carboxylic acids is 2. The summed E-state index contributed by atoms with van der Waals surface area (Å²) in [6, 6.07) is 17.9. The molecule has 2 aliphatic rings. The van der Waals surface area contributed by atoms with Crippen molar-refractivity contribution >= 4 is 11.9 Å². The zero-order chi connectivity index (χ0) is 24.3. The predicted molar refractivity (Wildman–Crippen MR) is 129 cm³/mol. The van der Waals surface area contributed by atoms with Gasteiger partial charge >= 0.3 is 5.97 Å². The molecule has 182 valence electrons. The summed E-state index contributed by atoms with van der Waals surface area (Å²) in [5.41, 5.74) is 2.47. The number of pyridine rings is 1. The van der Waals surface area contributed by atoms with Crippen LogP contribution in [0.5, 0.6) is 0 Å². The molecule has 2 aliphatic heterocycles. The maximum atomic E-state index is 13.0. The molecule has 8 heteroatoms. The molecule has 5 rings (SSSR count). The second kappa shape index (κ2) is 10.0. The van der Waals surface area contributed by atoms with Crippen LogP contribution in [0.25, 0.3) is 5.69 Å². The van der Waals surface area contributed by atoms with Crippen molar-refractivity contribution in [3.05, 3.63) is 84.4 Å². The van der Waals surface area contributed by atoms with Crippen LogP contribution in [0.15, 0.2) is 73.2 Å². The van der Waals surface area contributed by atoms with Gasteiger partial charge in [-0.3, -0.25) is 24.3 Å². The van der Waals surface area contributed by atoms with Gasteiger partial charge in [0.1, 0.15) is 6.61 Å². The first-order chi connectivity index (χ1) is 17.1. The molecule has 1 aromatic carbocycles. The second-order valence-corrected chi connectivity index (χ2v) is 9.19. The molecule has 2 fully saturated rings. The Hall–Kier alpha value is -3.49. The van der Waals surface area contributed by atoms with Gasteiger partial charge in [0.25, 0.3) is 0 Å². The lowest BCUT2D eigenvalue weighted by Gasteiger charge is -2.45. The van der Waals surface area contributed by atoms with Gasteiger partial charge in [0.2, 0.25) is 5.91 Å². The van der Waals surface area contributed by atoms with Crippen LogP contribution in [-0.2, 0) is 32.3 Å². The fraction of sp³-hybridized carbons (Fsp3) is 0.370. The van der Waals surface area contributed by atoms with Crippen LogP contribution in [0.1, 0.15) is 30.5 Å². The number of carbonyl (C=O) groups is 2. The highest BCUT2D eigenvalue weighted by molar-refractivity contribution is 5.88. The Balaban J connectivity index is 1.32. The van der Waals surface area contributed by atoms with Gasteiger partial charge in [-0.1, -0.05) is 30.3 Å². The summed E-state index contributed by atoms with van der Waals surface area (Å²) >= 11 is 0. The summed E-state index contributed by atoms with van der Waals surface area (Å²) in [4.78, 5) is 38.4. The van der Waals surface area contributed by atoms with Crippen molar-refractivity contribution in [2.75, 3.05) is 20.2 Å². The predicted octanol–water partition coefficient (Wildman–Crippen LogP) is 3.36. The van der Waals surface area contributed by atoms with Crippen molar-refractivity contribution < 1.29 is 19.2 Å². The van der Waals surface area contributed by atoms with Crippen molar-refractivity contribution in [2.24, 2.45) is 5.92 Å². The summed E-state index contributed by atoms with van der Waals surface area (Å²) in [5, 5.41) is 1.50. The van der Waals surface area contributed by atoms with Crippen molar-refractivity contribution in [3.63, 3.8) is 0 Å². The Kier molecular flexibility index (Phi) is 6.66. The van der Waals surface area contributed by atoms with Crippen molar-refractivity contribution in [2.45, 2.75) is 38.0 Å². The molecule has 3 aromatic rings. The molecule has 0 N–H and O–H groups in total. The lowest BCUT2D eigenvalue weighted by Crippen LogP contribution is -2.57. The molecular formula is C27H30N4O4. The Labute approximate surface area is 205 Å². The zero-order valence-corrected chi connectivity index (χ0v) is 19.9. The van der Waals surface area contributed by atoms with Gasteiger partial charge in [-0.25, -0.2) is 5.06 Å². The third-order valence-corrected chi connectivity index (χ3v) is 7.21. The molecule has 35 heavy (non-hydrogen) atoms. The number of rotatable bonds is 7. The van der Waals surface area contributed by atoms with Gasteiger partial charge < -0.3 is 9.30 Å². The maximum Gasteiger partial charge on any atom is 0.311 e. The average molecular weight is 475 g/mol. The highest BCUT2D eigenvalue weighted by Gasteiger charge is 2.58. The van der Waals surface area contributed by atoms with Crippen LogP contribution in [-0.4, -0.2) is 57.1 Å². The monoisotopic (exact) mass is 474 g/mol. The number of piperidine rings is 1. The number of hydroxylamine groups is 2. The molecule has 0 bridgehead atoms. The molecule has 2 saturated heterocycles. The normalized spacial score (nSPS) is 19.9. The van der Waals surface area contributed by atoms with Gasteiger partial charge in [0, 0.05) is 44.1 Å². The van der Waals surface area contributed by atoms with Crippen LogP contribution in [0.2, 0.25) is 0 Å². The van der Waals surface area contributed by atoms with Crippen molar-refractivity contribution in [3.8, 4) is 5.69 Å². The van der Waals surface area contributed by atoms with E-state index in [1.807, 2.05) is 60.9 Å². The van der Waals surface area contributed by atoms with E-state index in [1.54, 1.807) is 6.20 Å². The molecular weight excluding hydrogens is 444 g/mol. The number of hydrogen-bond donors (Lipinski definition) is 0. The van der Waals surface area contributed by atoms with Gasteiger partial charge in [-0.05, 0) is 42.7 Å². The van der Waals surface area contributed by atoms with E-state index in [1.165, 1.54) is 12.2 Å². The van der Waals surface area contributed by atoms with Crippen molar-refractivity contribution in [1.29, 1.82) is 0 Å². The Morgan fingerprint density at radius 1 is 1.09 bits per heavy atom. The molecule has 1 atom stereocenters. The highest BCUT2D eigenvalue weighted by Crippen LogP contribution is 2.45. The number of hydrogen-bond acceptors (Lipinski definition) is 6. The highest BCUT2D eigenvalue weighted by atomic mass is 16.7. The van der Waals surface area contributed by atoms with Crippen LogP contribution in [0.3, 0.4) is 0 Å². The number of benzene rings is 1. The van der Waals surface area contributed by atoms with E-state index in [9.17, 15) is 9.59 Å². The van der Waals surface area contributed by atoms with E-state index >= 15 is 0 Å². The molecule has 4 heterocycles. The zero-order valence-electron chi connectivity index (χ0n) is 19.9. The second-order valence-electron chi connectivity index (χ2n) is 9.19. The molecule has 8 nitrogen and oxygen atoms in total. The van der Waals surface area contributed by atoms with E-state index in [2.05, 4.69) is 20.5 Å². The smallest absolute Gasteiger partial charge is 0.311 e. The summed E-state index contributed by atoms with van der Waals surface area (Å²) in [5.74, 6) is -1.03. The molecule has 0 saturated carbocycles. The molecule has 1 spiro atoms. The Bertz CT molecular complexity index is 1160. The number of nitrogens with zero attached hydrogens (tertiary/aromatic N) is 4. The molecule has 1 unspecified atom stereocenters. The minimum absolute atomic E-state index is 0.116. The first-order valence-electron chi connectivity index (χ1n) is 12.0. The Morgan fingerprint density at radius 3 is 2.60 bits per heavy atom. The number of methoxy groups -OCH3 is 1. The van der Waals surface area contributed by atoms with Crippen molar-refractivity contribution in [1.82, 2.24) is 19.5 Å². The topological polar surface area (TPSA) is 76.9 Å². The van der Waals surface area contributed by atoms with Gasteiger partial charge in [-0.15, -0.1) is 0 Å². The minimum Gasteiger partial charge on any atom is -0.469 e. The largest absolute Gasteiger partial charge is 0.469 e. The van der Waals surface area contributed by atoms with Crippen LogP contribution >= 0.6 is 0 Å². The fourth-order valence-corrected chi connectivity index (χ4v) is 5.37. The lowest BCUT2D eigenvalue weighted by molar-refractivity contribution is -0.229. The molecule has 0 aliphatic carbocycles. The fourth-order valence-electron chi connectivity index (χ4n) is 5.37. The van der Waals surface area contributed by atoms with E-state index in [0.717, 1.165) is 36.6 Å². The quantitative estimate of drug-likeness (QED) is 0.489. The number of likely N-dealkylation sites (tertiary alicyclic amines) is 1. The van der Waals surface area contributed by atoms with Crippen LogP contribution in [0.4, 0.5) is 0 Å². The first-order valence-corrected chi connectivity index (χ1v) is 12.0. The van der Waals surface area contributed by atoms with E-state index < -0.39 is 11.5 Å². The summed E-state index contributed by atoms with van der Waals surface area (Å²) in [6.07, 6.45) is 7.05. The van der Waals surface area contributed by atoms with E-state index in [0.29, 0.717) is 12.8 Å². The van der Waals surface area contributed by atoms with Gasteiger partial charge in [0.15, 0.2) is 0 Å². The number of esters is 1. The molecule has 0 radical (unpaired) electrons. The van der Waals surface area contributed by atoms with E-state index in [-0.39, 0.29) is 24.9 Å². The van der Waals surface area contributed by atoms with Gasteiger partial charge in [-0.2, -0.15) is 0 Å². The van der Waals surface area contributed by atoms with E-state index in [4.69, 9.17) is 9.57 Å². The SMILES string of the molecule is COC(=O)C1CC(=O)N(OCc2ccccc2)C12CCN(Cc1cccn1-c1cccnc1)CC2. The standard InChI is InChI=1S/C27H30N4O4/c1-34-26(33)24-17-25(32)31(35-20-21-7-3-2-4-8-21)27(24)11-15-29(16-12-27)19-23-10-6-14-30(23)22-9-5-13-28-18-22/h2-10,13-14,18,24H,11-12,15-17,19-20H2,1H3. The lowest BCUT2D eigenvalue weighted by atomic mass is 9.77. The van der Waals surface area contributed by atoms with Crippen LogP contribution < -0.4 is 0 Å². The maximum absolute atomic E-state index is 13.0. The number of ether oxygens (including phenoxy) is 1. The molecule has 1 amide bonds. The summed E-state index contributed by atoms with van der Waals surface area (Å²) in [6.45, 7) is 2.53. The first kappa shape index (κ1) is 23.3. The summed E-state index contributed by atoms with van der Waals surface area (Å²) < 4.78 is 7.24. The van der Waals surface area contributed by atoms with Gasteiger partial charge in [0.05, 0.1) is 30.5 Å². The number of aromatic nitrogens is 2.